The highest BCUT2D eigenvalue weighted by Crippen LogP contribution is 2.50. The largest absolute Gasteiger partial charge is 1.00 e. The van der Waals surface area contributed by atoms with Crippen LogP contribution in [0.2, 0.25) is 0 Å². The fourth-order valence-corrected chi connectivity index (χ4v) is 7.13. The molecule has 5 rings (SSSR count). The first kappa shape index (κ1) is 25.6. The molecule has 1 heterocycles. The van der Waals surface area contributed by atoms with Gasteiger partial charge >= 0.3 is 5.97 Å². The van der Waals surface area contributed by atoms with Crippen LogP contribution in [0, 0.1) is 11.8 Å². The molecule has 5 unspecified atom stereocenters. The van der Waals surface area contributed by atoms with E-state index >= 15 is 0 Å². The van der Waals surface area contributed by atoms with Crippen molar-refractivity contribution in [3.63, 3.8) is 0 Å². The Morgan fingerprint density at radius 1 is 0.971 bits per heavy atom. The summed E-state index contributed by atoms with van der Waals surface area (Å²) in [5, 5.41) is 12.0. The first-order valence-electron chi connectivity index (χ1n) is 12.8. The second-order valence-electron chi connectivity index (χ2n) is 10.9. The molecule has 1 N–H and O–H groups in total. The first-order valence-corrected chi connectivity index (χ1v) is 12.8. The van der Waals surface area contributed by atoms with Crippen LogP contribution in [0.3, 0.4) is 0 Å². The molecular formula is C29H38INO3. The minimum atomic E-state index is -1.56. The average Bonchev–Trinajstić information content (AvgIpc) is 3.38. The van der Waals surface area contributed by atoms with Gasteiger partial charge in [-0.1, -0.05) is 79.9 Å². The number of ether oxygens (including phenoxy) is 1. The van der Waals surface area contributed by atoms with E-state index in [-0.39, 0.29) is 42.0 Å². The molecule has 2 aliphatic carbocycles. The molecule has 3 aliphatic rings. The van der Waals surface area contributed by atoms with Gasteiger partial charge in [-0.3, -0.25) is 0 Å². The molecule has 0 amide bonds. The first-order chi connectivity index (χ1) is 15.9. The standard InChI is InChI=1S/C29H38NO3.HI/c1-21(22-12-6-3-7-13-22)30(2)20-23-18-19-26(30)27(23)33-28(31)29(32,24-14-8-4-9-15-24)25-16-10-5-11-17-25;/h3-4,6-9,12-15,21,23,25-27,32H,5,10-11,16-20H2,1-2H3;1H/q+1;/p-1/t21?,23?,26-,27?,29?,30?;/m1./s1. The third kappa shape index (κ3) is 4.33. The number of hydrogen-bond donors (Lipinski definition) is 1. The van der Waals surface area contributed by atoms with Gasteiger partial charge < -0.3 is 38.3 Å². The Morgan fingerprint density at radius 2 is 1.59 bits per heavy atom. The van der Waals surface area contributed by atoms with Gasteiger partial charge in [0.25, 0.3) is 0 Å². The minimum Gasteiger partial charge on any atom is -1.00 e. The van der Waals surface area contributed by atoms with Gasteiger partial charge in [-0.25, -0.2) is 4.79 Å². The Balaban J connectivity index is 0.00000274. The van der Waals surface area contributed by atoms with E-state index in [1.54, 1.807) is 0 Å². The number of quaternary nitrogens is 1. The number of nitrogens with zero attached hydrogens (tertiary/aromatic N) is 1. The molecule has 184 valence electrons. The number of rotatable bonds is 6. The summed E-state index contributed by atoms with van der Waals surface area (Å²) in [6.45, 7) is 3.32. The van der Waals surface area contributed by atoms with Gasteiger partial charge in [0, 0.05) is 17.9 Å². The summed E-state index contributed by atoms with van der Waals surface area (Å²) in [5.74, 6) is -0.144. The van der Waals surface area contributed by atoms with Crippen LogP contribution in [0.1, 0.15) is 69.0 Å². The van der Waals surface area contributed by atoms with Crippen LogP contribution in [-0.4, -0.2) is 41.3 Å². The maximum Gasteiger partial charge on any atom is 0.343 e. The van der Waals surface area contributed by atoms with Crippen molar-refractivity contribution >= 4 is 5.97 Å². The maximum absolute atomic E-state index is 13.8. The molecule has 4 nitrogen and oxygen atoms in total. The lowest BCUT2D eigenvalue weighted by atomic mass is 9.73. The van der Waals surface area contributed by atoms with Crippen molar-refractivity contribution in [2.24, 2.45) is 11.8 Å². The summed E-state index contributed by atoms with van der Waals surface area (Å²) in [4.78, 5) is 13.8. The van der Waals surface area contributed by atoms with Crippen molar-refractivity contribution in [1.82, 2.24) is 0 Å². The molecule has 2 aromatic carbocycles. The Kier molecular flexibility index (Phi) is 7.75. The highest BCUT2D eigenvalue weighted by atomic mass is 127. The lowest BCUT2D eigenvalue weighted by Crippen LogP contribution is -3.00. The molecule has 34 heavy (non-hydrogen) atoms. The molecule has 0 radical (unpaired) electrons. The molecule has 5 heteroatoms. The second-order valence-corrected chi connectivity index (χ2v) is 10.9. The summed E-state index contributed by atoms with van der Waals surface area (Å²) >= 11 is 0. The molecule has 3 fully saturated rings. The lowest BCUT2D eigenvalue weighted by molar-refractivity contribution is -0.954. The zero-order chi connectivity index (χ0) is 23.1. The predicted octanol–water partition coefficient (Wildman–Crippen LogP) is 2.37. The van der Waals surface area contributed by atoms with Gasteiger partial charge in [-0.05, 0) is 31.7 Å². The SMILES string of the molecule is CC(c1ccccc1)[N+]1(C)CC2CC[C@@H]1C2OC(=O)C(O)(c1ccccc1)C1CCCCC1.[I-]. The Morgan fingerprint density at radius 3 is 2.24 bits per heavy atom. The topological polar surface area (TPSA) is 46.5 Å². The molecule has 2 bridgehead atoms. The van der Waals surface area contributed by atoms with Crippen molar-refractivity contribution in [1.29, 1.82) is 0 Å². The van der Waals surface area contributed by atoms with Gasteiger partial charge in [0.2, 0.25) is 0 Å². The smallest absolute Gasteiger partial charge is 0.343 e. The van der Waals surface area contributed by atoms with Gasteiger partial charge in [0.1, 0.15) is 12.1 Å². The predicted molar refractivity (Wildman–Crippen MR) is 129 cm³/mol. The molecule has 2 aromatic rings. The Hall–Kier alpha value is -1.44. The molecule has 0 aromatic heterocycles. The number of halogens is 1. The van der Waals surface area contributed by atoms with E-state index in [1.807, 2.05) is 30.3 Å². The number of carbonyl (C=O) groups excluding carboxylic acids is 1. The highest BCUT2D eigenvalue weighted by Gasteiger charge is 2.61. The quantitative estimate of drug-likeness (QED) is 0.327. The van der Waals surface area contributed by atoms with Crippen molar-refractivity contribution in [2.45, 2.75) is 75.7 Å². The normalized spacial score (nSPS) is 31.3. The fraction of sp³-hybridized carbons (Fsp3) is 0.552. The van der Waals surface area contributed by atoms with Crippen LogP contribution in [0.15, 0.2) is 60.7 Å². The third-order valence-electron chi connectivity index (χ3n) is 9.19. The molecule has 1 saturated heterocycles. The Labute approximate surface area is 221 Å². The summed E-state index contributed by atoms with van der Waals surface area (Å²) in [7, 11) is 2.33. The van der Waals surface area contributed by atoms with Crippen LogP contribution < -0.4 is 24.0 Å². The van der Waals surface area contributed by atoms with Gasteiger partial charge in [0.15, 0.2) is 11.7 Å². The summed E-state index contributed by atoms with van der Waals surface area (Å²) < 4.78 is 7.25. The summed E-state index contributed by atoms with van der Waals surface area (Å²) in [5.41, 5.74) is 0.459. The fourth-order valence-electron chi connectivity index (χ4n) is 7.13. The van der Waals surface area contributed by atoms with Crippen molar-refractivity contribution in [3.8, 4) is 0 Å². The van der Waals surface area contributed by atoms with E-state index in [0.717, 1.165) is 49.6 Å². The summed E-state index contributed by atoms with van der Waals surface area (Å²) in [6, 6.07) is 20.8. The molecule has 6 atom stereocenters. The van der Waals surface area contributed by atoms with Crippen LogP contribution in [0.4, 0.5) is 0 Å². The third-order valence-corrected chi connectivity index (χ3v) is 9.19. The van der Waals surface area contributed by atoms with Crippen molar-refractivity contribution < 1.29 is 43.1 Å². The van der Waals surface area contributed by atoms with Crippen LogP contribution >= 0.6 is 0 Å². The Bertz CT molecular complexity index is 964. The van der Waals surface area contributed by atoms with Crippen LogP contribution in [0.5, 0.6) is 0 Å². The molecule has 2 saturated carbocycles. The van der Waals surface area contributed by atoms with Crippen LogP contribution in [0.25, 0.3) is 0 Å². The molecular weight excluding hydrogens is 537 g/mol. The number of benzene rings is 2. The zero-order valence-corrected chi connectivity index (χ0v) is 22.6. The average molecular weight is 576 g/mol. The van der Waals surface area contributed by atoms with E-state index in [9.17, 15) is 9.90 Å². The van der Waals surface area contributed by atoms with E-state index in [2.05, 4.69) is 44.3 Å². The number of fused-ring (bicyclic) bond motifs is 2. The van der Waals surface area contributed by atoms with Crippen molar-refractivity contribution in [2.75, 3.05) is 13.6 Å². The number of carbonyl (C=O) groups is 1. The maximum atomic E-state index is 13.8. The number of hydrogen-bond acceptors (Lipinski definition) is 3. The lowest BCUT2D eigenvalue weighted by Gasteiger charge is -2.43. The molecule has 1 aliphatic heterocycles. The molecule has 0 spiro atoms. The number of likely N-dealkylation sites (N-methyl/N-ethyl adjacent to an activating group) is 1. The van der Waals surface area contributed by atoms with Crippen LogP contribution in [-0.2, 0) is 15.1 Å². The number of likely N-dealkylation sites (tertiary alicyclic amines) is 1. The van der Waals surface area contributed by atoms with E-state index < -0.39 is 11.6 Å². The van der Waals surface area contributed by atoms with E-state index in [4.69, 9.17) is 4.74 Å². The number of aliphatic hydroxyl groups is 1. The van der Waals surface area contributed by atoms with Gasteiger partial charge in [-0.2, -0.15) is 0 Å². The monoisotopic (exact) mass is 575 g/mol. The van der Waals surface area contributed by atoms with E-state index in [1.165, 1.54) is 12.0 Å². The highest BCUT2D eigenvalue weighted by molar-refractivity contribution is 5.82. The second kappa shape index (κ2) is 10.3. The number of esters is 1. The zero-order valence-electron chi connectivity index (χ0n) is 20.4. The van der Waals surface area contributed by atoms with Crippen molar-refractivity contribution in [3.05, 3.63) is 71.8 Å². The summed E-state index contributed by atoms with van der Waals surface area (Å²) in [6.07, 6.45) is 7.10. The minimum absolute atomic E-state index is 0. The van der Waals surface area contributed by atoms with Gasteiger partial charge in [0.05, 0.1) is 19.5 Å². The van der Waals surface area contributed by atoms with E-state index in [0.29, 0.717) is 17.5 Å². The number of piperidine rings is 1. The van der Waals surface area contributed by atoms with Gasteiger partial charge in [-0.15, -0.1) is 0 Å².